The molecule has 2 N–H and O–H groups in total. The third-order valence-corrected chi connectivity index (χ3v) is 6.76. The first-order chi connectivity index (χ1) is 13.5. The van der Waals surface area contributed by atoms with E-state index in [0.29, 0.717) is 29.3 Å². The van der Waals surface area contributed by atoms with E-state index in [0.717, 1.165) is 31.6 Å². The van der Waals surface area contributed by atoms with Crippen molar-refractivity contribution in [1.82, 2.24) is 9.62 Å². The zero-order valence-corrected chi connectivity index (χ0v) is 17.2. The van der Waals surface area contributed by atoms with Crippen LogP contribution in [0, 0.1) is 5.92 Å². The molecule has 0 spiro atoms. The van der Waals surface area contributed by atoms with Crippen LogP contribution < -0.4 is 9.46 Å². The Bertz CT molecular complexity index is 914. The second kappa shape index (κ2) is 9.05. The molecule has 1 unspecified atom stereocenters. The summed E-state index contributed by atoms with van der Waals surface area (Å²) in [6, 6.07) is 12.2. The van der Waals surface area contributed by atoms with Crippen LogP contribution in [-0.2, 0) is 16.6 Å². The lowest BCUT2D eigenvalue weighted by atomic mass is 9.99. The number of likely N-dealkylation sites (tertiary alicyclic amines) is 1. The van der Waals surface area contributed by atoms with E-state index in [2.05, 4.69) is 16.5 Å². The van der Waals surface area contributed by atoms with Crippen molar-refractivity contribution in [3.63, 3.8) is 0 Å². The van der Waals surface area contributed by atoms with Crippen molar-refractivity contribution in [3.8, 4) is 16.9 Å². The van der Waals surface area contributed by atoms with Gasteiger partial charge in [0.05, 0.1) is 18.6 Å². The van der Waals surface area contributed by atoms with E-state index in [4.69, 9.17) is 4.74 Å². The van der Waals surface area contributed by atoms with Gasteiger partial charge in [-0.2, -0.15) is 0 Å². The number of benzene rings is 2. The summed E-state index contributed by atoms with van der Waals surface area (Å²) in [6.07, 6.45) is 1.01. The Kier molecular flexibility index (Phi) is 6.72. The molecule has 2 aromatic carbocycles. The average molecular weight is 405 g/mol. The first-order valence-electron chi connectivity index (χ1n) is 9.57. The molecule has 1 atom stereocenters. The largest absolute Gasteiger partial charge is 0.496 e. The van der Waals surface area contributed by atoms with E-state index >= 15 is 0 Å². The number of aliphatic hydroxyl groups is 1. The molecular formula is C21H28N2O4S. The van der Waals surface area contributed by atoms with Gasteiger partial charge in [0.2, 0.25) is 10.0 Å². The Labute approximate surface area is 167 Å². The van der Waals surface area contributed by atoms with E-state index in [-0.39, 0.29) is 11.5 Å². The molecule has 0 bridgehead atoms. The highest BCUT2D eigenvalue weighted by Crippen LogP contribution is 2.34. The number of aliphatic hydroxyl groups excluding tert-OH is 1. The summed E-state index contributed by atoms with van der Waals surface area (Å²) in [5, 5.41) is 9.64. The summed E-state index contributed by atoms with van der Waals surface area (Å²) < 4.78 is 33.9. The minimum atomic E-state index is -3.63. The SMILES string of the molecule is CCN1CCC(CNS(=O)(=O)c2ccc(OC)c(-c3ccccc3CO)c2)C1. The number of methoxy groups -OCH3 is 1. The van der Waals surface area contributed by atoms with Gasteiger partial charge >= 0.3 is 0 Å². The van der Waals surface area contributed by atoms with E-state index in [1.807, 2.05) is 24.3 Å². The van der Waals surface area contributed by atoms with Gasteiger partial charge in [-0.25, -0.2) is 13.1 Å². The molecule has 0 amide bonds. The quantitative estimate of drug-likeness (QED) is 0.707. The van der Waals surface area contributed by atoms with Crippen LogP contribution in [0.2, 0.25) is 0 Å². The van der Waals surface area contributed by atoms with E-state index < -0.39 is 10.0 Å². The molecule has 152 valence electrons. The van der Waals surface area contributed by atoms with Gasteiger partial charge in [0.25, 0.3) is 0 Å². The van der Waals surface area contributed by atoms with Gasteiger partial charge in [-0.15, -0.1) is 0 Å². The summed E-state index contributed by atoms with van der Waals surface area (Å²) in [7, 11) is -2.09. The summed E-state index contributed by atoms with van der Waals surface area (Å²) >= 11 is 0. The van der Waals surface area contributed by atoms with Crippen LogP contribution in [0.5, 0.6) is 5.75 Å². The molecule has 7 heteroatoms. The Balaban J connectivity index is 1.86. The molecule has 0 aromatic heterocycles. The zero-order valence-electron chi connectivity index (χ0n) is 16.4. The number of hydrogen-bond donors (Lipinski definition) is 2. The van der Waals surface area contributed by atoms with Crippen molar-refractivity contribution in [2.45, 2.75) is 24.8 Å². The lowest BCUT2D eigenvalue weighted by molar-refractivity contribution is 0.282. The first kappa shape index (κ1) is 20.8. The van der Waals surface area contributed by atoms with Crippen LogP contribution in [0.4, 0.5) is 0 Å². The smallest absolute Gasteiger partial charge is 0.240 e. The van der Waals surface area contributed by atoms with Crippen molar-refractivity contribution < 1.29 is 18.3 Å². The maximum Gasteiger partial charge on any atom is 0.240 e. The lowest BCUT2D eigenvalue weighted by Crippen LogP contribution is -2.31. The second-order valence-electron chi connectivity index (χ2n) is 7.08. The lowest BCUT2D eigenvalue weighted by Gasteiger charge is -2.16. The first-order valence-corrected chi connectivity index (χ1v) is 11.1. The number of nitrogens with zero attached hydrogens (tertiary/aromatic N) is 1. The molecule has 1 fully saturated rings. The van der Waals surface area contributed by atoms with E-state index in [1.54, 1.807) is 25.3 Å². The molecule has 1 saturated heterocycles. The molecule has 1 heterocycles. The van der Waals surface area contributed by atoms with Gasteiger partial charge in [-0.1, -0.05) is 31.2 Å². The molecule has 0 radical (unpaired) electrons. The van der Waals surface area contributed by atoms with Gasteiger partial charge in [0.15, 0.2) is 0 Å². The molecule has 28 heavy (non-hydrogen) atoms. The Morgan fingerprint density at radius 2 is 2.00 bits per heavy atom. The fraction of sp³-hybridized carbons (Fsp3) is 0.429. The highest BCUT2D eigenvalue weighted by molar-refractivity contribution is 7.89. The molecule has 1 aliphatic heterocycles. The number of ether oxygens (including phenoxy) is 1. The molecule has 2 aromatic rings. The van der Waals surface area contributed by atoms with Crippen molar-refractivity contribution in [2.75, 3.05) is 33.3 Å². The monoisotopic (exact) mass is 404 g/mol. The fourth-order valence-electron chi connectivity index (χ4n) is 3.66. The Hall–Kier alpha value is -1.93. The van der Waals surface area contributed by atoms with Gasteiger partial charge in [-0.05, 0) is 54.8 Å². The third-order valence-electron chi connectivity index (χ3n) is 5.34. The highest BCUT2D eigenvalue weighted by Gasteiger charge is 2.24. The van der Waals surface area contributed by atoms with Crippen LogP contribution >= 0.6 is 0 Å². The summed E-state index contributed by atoms with van der Waals surface area (Å²) in [6.45, 7) is 5.37. The Morgan fingerprint density at radius 1 is 1.21 bits per heavy atom. The minimum absolute atomic E-state index is 0.135. The van der Waals surface area contributed by atoms with Gasteiger partial charge in [0, 0.05) is 18.7 Å². The third kappa shape index (κ3) is 4.55. The average Bonchev–Trinajstić information content (AvgIpc) is 3.20. The molecule has 6 nitrogen and oxygen atoms in total. The van der Waals surface area contributed by atoms with Crippen LogP contribution in [0.25, 0.3) is 11.1 Å². The van der Waals surface area contributed by atoms with Gasteiger partial charge in [0.1, 0.15) is 5.75 Å². The molecule has 1 aliphatic rings. The number of sulfonamides is 1. The second-order valence-corrected chi connectivity index (χ2v) is 8.84. The number of rotatable bonds is 8. The van der Waals surface area contributed by atoms with Crippen LogP contribution in [0.1, 0.15) is 18.9 Å². The van der Waals surface area contributed by atoms with Crippen LogP contribution in [0.15, 0.2) is 47.4 Å². The predicted molar refractivity (Wildman–Crippen MR) is 110 cm³/mol. The summed E-state index contributed by atoms with van der Waals surface area (Å²) in [5.41, 5.74) is 2.12. The van der Waals surface area contributed by atoms with Crippen molar-refractivity contribution in [1.29, 1.82) is 0 Å². The maximum absolute atomic E-state index is 12.9. The normalized spacial score (nSPS) is 17.8. The van der Waals surface area contributed by atoms with Crippen molar-refractivity contribution in [3.05, 3.63) is 48.0 Å². The molecule has 0 aliphatic carbocycles. The van der Waals surface area contributed by atoms with Crippen LogP contribution in [-0.4, -0.2) is 51.7 Å². The van der Waals surface area contributed by atoms with E-state index in [9.17, 15) is 13.5 Å². The maximum atomic E-state index is 12.9. The van der Waals surface area contributed by atoms with Crippen LogP contribution in [0.3, 0.4) is 0 Å². The molecule has 3 rings (SSSR count). The molecule has 0 saturated carbocycles. The summed E-state index contributed by atoms with van der Waals surface area (Å²) in [4.78, 5) is 2.53. The fourth-order valence-corrected chi connectivity index (χ4v) is 4.81. The topological polar surface area (TPSA) is 78.9 Å². The zero-order chi connectivity index (χ0) is 20.1. The number of hydrogen-bond acceptors (Lipinski definition) is 5. The van der Waals surface area contributed by atoms with Gasteiger partial charge in [-0.3, -0.25) is 0 Å². The summed E-state index contributed by atoms with van der Waals surface area (Å²) in [5.74, 6) is 0.900. The van der Waals surface area contributed by atoms with Crippen molar-refractivity contribution in [2.24, 2.45) is 5.92 Å². The van der Waals surface area contributed by atoms with E-state index in [1.165, 1.54) is 0 Å². The van der Waals surface area contributed by atoms with Gasteiger partial charge < -0.3 is 14.7 Å². The molecular weight excluding hydrogens is 376 g/mol. The minimum Gasteiger partial charge on any atom is -0.496 e. The number of nitrogens with one attached hydrogen (secondary N) is 1. The predicted octanol–water partition coefficient (Wildman–Crippen LogP) is 2.47. The Morgan fingerprint density at radius 3 is 2.68 bits per heavy atom. The highest BCUT2D eigenvalue weighted by atomic mass is 32.2. The van der Waals surface area contributed by atoms with Crippen molar-refractivity contribution >= 4 is 10.0 Å². The standard InChI is InChI=1S/C21H28N2O4S/c1-3-23-11-10-16(14-23)13-22-28(25,26)18-8-9-21(27-2)20(12-18)19-7-5-4-6-17(19)15-24/h4-9,12,16,22,24H,3,10-11,13-15H2,1-2H3.